The first-order valence-corrected chi connectivity index (χ1v) is 8.79. The Hall–Kier alpha value is -2.07. The summed E-state index contributed by atoms with van der Waals surface area (Å²) in [6.45, 7) is 0.871. The number of aryl methyl sites for hydroxylation is 1. The van der Waals surface area contributed by atoms with Gasteiger partial charge in [0.05, 0.1) is 26.1 Å². The summed E-state index contributed by atoms with van der Waals surface area (Å²) in [5, 5.41) is 7.36. The summed E-state index contributed by atoms with van der Waals surface area (Å²) in [6.07, 6.45) is 0. The fourth-order valence-corrected chi connectivity index (χ4v) is 3.45. The summed E-state index contributed by atoms with van der Waals surface area (Å²) < 4.78 is 32.0. The number of aromatic nitrogens is 3. The second-order valence-electron chi connectivity index (χ2n) is 5.22. The number of halogens is 3. The van der Waals surface area contributed by atoms with Crippen LogP contribution in [0.3, 0.4) is 0 Å². The number of alkyl halides is 2. The molecule has 0 spiro atoms. The maximum atomic E-state index is 12.3. The zero-order valence-corrected chi connectivity index (χ0v) is 15.6. The number of carbonyl (C=O) groups excluding carboxylic acids is 1. The van der Waals surface area contributed by atoms with Gasteiger partial charge in [-0.25, -0.2) is 4.98 Å². The number of fused-ring (bicyclic) bond motifs is 1. The van der Waals surface area contributed by atoms with Crippen LogP contribution in [0.4, 0.5) is 13.9 Å². The quantitative estimate of drug-likeness (QED) is 0.660. The number of rotatable bonds is 5. The maximum Gasteiger partial charge on any atom is 0.387 e. The Morgan fingerprint density at radius 1 is 1.44 bits per heavy atom. The van der Waals surface area contributed by atoms with E-state index >= 15 is 0 Å². The Labute approximate surface area is 153 Å². The van der Waals surface area contributed by atoms with Gasteiger partial charge in [-0.1, -0.05) is 11.3 Å². The van der Waals surface area contributed by atoms with Gasteiger partial charge in [-0.3, -0.25) is 9.48 Å². The number of hydrogen-bond donors (Lipinski definition) is 1. The van der Waals surface area contributed by atoms with E-state index in [9.17, 15) is 13.6 Å². The van der Waals surface area contributed by atoms with Crippen LogP contribution in [0.2, 0.25) is 0 Å². The van der Waals surface area contributed by atoms with Crippen molar-refractivity contribution in [1.29, 1.82) is 0 Å². The number of anilines is 1. The molecule has 25 heavy (non-hydrogen) atoms. The molecule has 1 N–H and O–H groups in total. The summed E-state index contributed by atoms with van der Waals surface area (Å²) in [5.41, 5.74) is 2.25. The minimum Gasteiger partial charge on any atom is -0.435 e. The zero-order valence-electron chi connectivity index (χ0n) is 13.2. The lowest BCUT2D eigenvalue weighted by atomic mass is 10.3. The van der Waals surface area contributed by atoms with Gasteiger partial charge in [0, 0.05) is 0 Å². The van der Waals surface area contributed by atoms with Crippen LogP contribution in [0.5, 0.6) is 5.75 Å². The molecule has 2 aromatic heterocycles. The molecular formula is C15H13BrF2N4O2S. The molecule has 0 aliphatic rings. The second kappa shape index (κ2) is 7.04. The van der Waals surface area contributed by atoms with E-state index in [0.717, 1.165) is 15.9 Å². The van der Waals surface area contributed by atoms with Crippen LogP contribution in [-0.2, 0) is 11.3 Å². The van der Waals surface area contributed by atoms with Crippen molar-refractivity contribution >= 4 is 48.5 Å². The maximum absolute atomic E-state index is 12.3. The van der Waals surface area contributed by atoms with Crippen molar-refractivity contribution in [2.75, 3.05) is 5.32 Å². The van der Waals surface area contributed by atoms with Crippen molar-refractivity contribution in [3.8, 4) is 5.75 Å². The van der Waals surface area contributed by atoms with E-state index in [1.54, 1.807) is 10.7 Å². The van der Waals surface area contributed by atoms with Crippen molar-refractivity contribution in [1.82, 2.24) is 14.8 Å². The highest BCUT2D eigenvalue weighted by molar-refractivity contribution is 9.10. The number of benzene rings is 1. The lowest BCUT2D eigenvalue weighted by Gasteiger charge is -2.04. The van der Waals surface area contributed by atoms with E-state index in [1.807, 2.05) is 13.8 Å². The van der Waals surface area contributed by atoms with Gasteiger partial charge in [0.15, 0.2) is 5.13 Å². The number of amides is 1. The van der Waals surface area contributed by atoms with E-state index in [0.29, 0.717) is 15.3 Å². The summed E-state index contributed by atoms with van der Waals surface area (Å²) in [4.78, 5) is 16.5. The molecule has 6 nitrogen and oxygen atoms in total. The van der Waals surface area contributed by atoms with E-state index in [1.165, 1.54) is 23.5 Å². The molecule has 0 aliphatic carbocycles. The number of nitrogens with zero attached hydrogens (tertiary/aromatic N) is 3. The third-order valence-corrected chi connectivity index (χ3v) is 5.50. The standard InChI is InChI=1S/C15H13BrF2N4O2S/c1-7-13(16)8(2)22(21-7)6-12(23)20-15-19-10-4-3-9(24-14(17)18)5-11(10)25-15/h3-5,14H,6H2,1-2H3,(H,19,20,23). The largest absolute Gasteiger partial charge is 0.435 e. The van der Waals surface area contributed by atoms with Crippen LogP contribution >= 0.6 is 27.3 Å². The highest BCUT2D eigenvalue weighted by Gasteiger charge is 2.14. The SMILES string of the molecule is Cc1nn(CC(=O)Nc2nc3ccc(OC(F)F)cc3s2)c(C)c1Br. The van der Waals surface area contributed by atoms with Gasteiger partial charge in [0.25, 0.3) is 0 Å². The van der Waals surface area contributed by atoms with Crippen LogP contribution in [0.15, 0.2) is 22.7 Å². The average molecular weight is 431 g/mol. The van der Waals surface area contributed by atoms with Gasteiger partial charge in [-0.15, -0.1) is 0 Å². The normalized spacial score (nSPS) is 11.3. The number of carbonyl (C=O) groups is 1. The molecule has 0 fully saturated rings. The number of nitrogens with one attached hydrogen (secondary N) is 1. The van der Waals surface area contributed by atoms with Crippen molar-refractivity contribution in [3.05, 3.63) is 34.1 Å². The molecule has 0 radical (unpaired) electrons. The Morgan fingerprint density at radius 2 is 2.20 bits per heavy atom. The Kier molecular flexibility index (Phi) is 5.00. The van der Waals surface area contributed by atoms with E-state index in [4.69, 9.17) is 0 Å². The zero-order chi connectivity index (χ0) is 18.1. The van der Waals surface area contributed by atoms with Crippen LogP contribution in [-0.4, -0.2) is 27.3 Å². The lowest BCUT2D eigenvalue weighted by molar-refractivity contribution is -0.116. The molecule has 2 heterocycles. The minimum absolute atomic E-state index is 0.0495. The molecule has 0 aliphatic heterocycles. The highest BCUT2D eigenvalue weighted by Crippen LogP contribution is 2.30. The molecule has 0 saturated carbocycles. The van der Waals surface area contributed by atoms with Crippen molar-refractivity contribution in [2.45, 2.75) is 27.0 Å². The van der Waals surface area contributed by atoms with Crippen LogP contribution in [0.1, 0.15) is 11.4 Å². The summed E-state index contributed by atoms with van der Waals surface area (Å²) >= 11 is 4.60. The third kappa shape index (κ3) is 3.96. The first-order valence-electron chi connectivity index (χ1n) is 7.18. The number of thiazole rings is 1. The molecular weight excluding hydrogens is 418 g/mol. The van der Waals surface area contributed by atoms with E-state index in [2.05, 4.69) is 36.1 Å². The first kappa shape index (κ1) is 17.7. The predicted molar refractivity (Wildman–Crippen MR) is 94.3 cm³/mol. The van der Waals surface area contributed by atoms with Crippen LogP contribution in [0, 0.1) is 13.8 Å². The molecule has 0 bridgehead atoms. The summed E-state index contributed by atoms with van der Waals surface area (Å²) in [7, 11) is 0. The molecule has 10 heteroatoms. The van der Waals surface area contributed by atoms with Crippen molar-refractivity contribution in [2.24, 2.45) is 0 Å². The first-order chi connectivity index (χ1) is 11.8. The van der Waals surface area contributed by atoms with E-state index < -0.39 is 6.61 Å². The monoisotopic (exact) mass is 430 g/mol. The topological polar surface area (TPSA) is 69.0 Å². The molecule has 132 valence electrons. The fourth-order valence-electron chi connectivity index (χ4n) is 2.26. The molecule has 0 saturated heterocycles. The fraction of sp³-hybridized carbons (Fsp3) is 0.267. The third-order valence-electron chi connectivity index (χ3n) is 3.42. The molecule has 0 atom stereocenters. The van der Waals surface area contributed by atoms with Gasteiger partial charge >= 0.3 is 6.61 Å². The average Bonchev–Trinajstić information content (AvgIpc) is 3.02. The predicted octanol–water partition coefficient (Wildman–Crippen LogP) is 4.11. The van der Waals surface area contributed by atoms with Gasteiger partial charge in [-0.2, -0.15) is 13.9 Å². The van der Waals surface area contributed by atoms with E-state index in [-0.39, 0.29) is 18.2 Å². The second-order valence-corrected chi connectivity index (χ2v) is 7.04. The minimum atomic E-state index is -2.88. The molecule has 1 aromatic carbocycles. The van der Waals surface area contributed by atoms with Gasteiger partial charge in [0.1, 0.15) is 12.3 Å². The van der Waals surface area contributed by atoms with Crippen molar-refractivity contribution < 1.29 is 18.3 Å². The van der Waals surface area contributed by atoms with Crippen LogP contribution < -0.4 is 10.1 Å². The smallest absolute Gasteiger partial charge is 0.387 e. The van der Waals surface area contributed by atoms with Gasteiger partial charge < -0.3 is 10.1 Å². The van der Waals surface area contributed by atoms with Gasteiger partial charge in [0.2, 0.25) is 5.91 Å². The Bertz CT molecular complexity index is 941. The Morgan fingerprint density at radius 3 is 2.84 bits per heavy atom. The van der Waals surface area contributed by atoms with Crippen LogP contribution in [0.25, 0.3) is 10.2 Å². The molecule has 3 aromatic rings. The molecule has 0 unspecified atom stereocenters. The Balaban J connectivity index is 1.73. The number of hydrogen-bond acceptors (Lipinski definition) is 5. The summed E-state index contributed by atoms with van der Waals surface area (Å²) in [6, 6.07) is 4.44. The van der Waals surface area contributed by atoms with Crippen molar-refractivity contribution in [3.63, 3.8) is 0 Å². The molecule has 3 rings (SSSR count). The number of ether oxygens (including phenoxy) is 1. The lowest BCUT2D eigenvalue weighted by Crippen LogP contribution is -2.20. The molecule has 1 amide bonds. The highest BCUT2D eigenvalue weighted by atomic mass is 79.9. The van der Waals surface area contributed by atoms with Gasteiger partial charge in [-0.05, 0) is 48.0 Å². The summed E-state index contributed by atoms with van der Waals surface area (Å²) in [5.74, 6) is -0.224.